The number of carbonyl (C=O) groups excluding carboxylic acids is 2. The third-order valence-corrected chi connectivity index (χ3v) is 4.81. The molecule has 1 unspecified atom stereocenters. The summed E-state index contributed by atoms with van der Waals surface area (Å²) in [6, 6.07) is 8.12. The van der Waals surface area contributed by atoms with Crippen molar-refractivity contribution in [1.29, 1.82) is 0 Å². The molecule has 3 rings (SSSR count). The quantitative estimate of drug-likeness (QED) is 0.769. The highest BCUT2D eigenvalue weighted by molar-refractivity contribution is 5.87. The van der Waals surface area contributed by atoms with Gasteiger partial charge in [0.15, 0.2) is 0 Å². The summed E-state index contributed by atoms with van der Waals surface area (Å²) in [7, 11) is 0. The molecule has 0 saturated carbocycles. The van der Waals surface area contributed by atoms with Crippen LogP contribution >= 0.6 is 0 Å². The van der Waals surface area contributed by atoms with Crippen LogP contribution in [0.15, 0.2) is 24.3 Å². The Morgan fingerprint density at radius 3 is 3.00 bits per heavy atom. The first-order chi connectivity index (χ1) is 12.1. The zero-order chi connectivity index (χ0) is 17.8. The Kier molecular flexibility index (Phi) is 5.38. The van der Waals surface area contributed by atoms with E-state index in [1.165, 1.54) is 15.8 Å². The Bertz CT molecular complexity index is 768. The number of fused-ring (bicyclic) bond motifs is 1. The van der Waals surface area contributed by atoms with Crippen molar-refractivity contribution < 1.29 is 14.7 Å². The van der Waals surface area contributed by atoms with Gasteiger partial charge in [0.2, 0.25) is 5.91 Å². The van der Waals surface area contributed by atoms with Crippen LogP contribution in [0.2, 0.25) is 0 Å². The van der Waals surface area contributed by atoms with Gasteiger partial charge in [0.25, 0.3) is 5.91 Å². The Hall–Kier alpha value is -2.34. The van der Waals surface area contributed by atoms with Crippen LogP contribution in [0.3, 0.4) is 0 Å². The Balaban J connectivity index is 1.54. The first-order valence-corrected chi connectivity index (χ1v) is 8.86. The van der Waals surface area contributed by atoms with Crippen molar-refractivity contribution in [2.24, 2.45) is 0 Å². The molecule has 3 N–H and O–H groups in total. The van der Waals surface area contributed by atoms with E-state index in [2.05, 4.69) is 16.4 Å². The molecular formula is C19H25N3O3. The van der Waals surface area contributed by atoms with E-state index >= 15 is 0 Å². The van der Waals surface area contributed by atoms with Gasteiger partial charge >= 0.3 is 0 Å². The number of nitrogens with one attached hydrogen (secondary N) is 2. The second kappa shape index (κ2) is 7.70. The Morgan fingerprint density at radius 1 is 1.36 bits per heavy atom. The highest BCUT2D eigenvalue weighted by Crippen LogP contribution is 2.21. The lowest BCUT2D eigenvalue weighted by Gasteiger charge is -2.21. The van der Waals surface area contributed by atoms with Gasteiger partial charge in [-0.05, 0) is 44.2 Å². The summed E-state index contributed by atoms with van der Waals surface area (Å²) in [4.78, 5) is 29.0. The van der Waals surface area contributed by atoms with Crippen molar-refractivity contribution in [1.82, 2.24) is 15.2 Å². The van der Waals surface area contributed by atoms with Gasteiger partial charge in [-0.1, -0.05) is 18.2 Å². The molecule has 1 aliphatic rings. The summed E-state index contributed by atoms with van der Waals surface area (Å²) in [5.41, 5.74) is 3.42. The SMILES string of the molecule is Cc1[nH]c2ccccc2c1CCNC(=O)CN1CCCCC(O)C1=O. The molecule has 0 bridgehead atoms. The fourth-order valence-electron chi connectivity index (χ4n) is 3.45. The molecule has 1 aliphatic heterocycles. The van der Waals surface area contributed by atoms with Crippen LogP contribution < -0.4 is 5.32 Å². The van der Waals surface area contributed by atoms with Gasteiger partial charge < -0.3 is 20.3 Å². The number of rotatable bonds is 5. The third kappa shape index (κ3) is 4.02. The molecule has 2 amide bonds. The molecule has 1 aromatic carbocycles. The normalized spacial score (nSPS) is 18.4. The summed E-state index contributed by atoms with van der Waals surface area (Å²) in [5, 5.41) is 13.8. The predicted molar refractivity (Wildman–Crippen MR) is 96.2 cm³/mol. The second-order valence-corrected chi connectivity index (χ2v) is 6.65. The van der Waals surface area contributed by atoms with Crippen molar-refractivity contribution in [3.63, 3.8) is 0 Å². The second-order valence-electron chi connectivity index (χ2n) is 6.65. The summed E-state index contributed by atoms with van der Waals surface area (Å²) in [6.45, 7) is 3.11. The topological polar surface area (TPSA) is 85.4 Å². The number of para-hydroxylation sites is 1. The summed E-state index contributed by atoms with van der Waals surface area (Å²) in [6.07, 6.45) is 1.88. The van der Waals surface area contributed by atoms with Gasteiger partial charge in [-0.3, -0.25) is 9.59 Å². The van der Waals surface area contributed by atoms with Crippen molar-refractivity contribution in [3.8, 4) is 0 Å². The maximum atomic E-state index is 12.2. The van der Waals surface area contributed by atoms with Gasteiger partial charge in [-0.2, -0.15) is 0 Å². The van der Waals surface area contributed by atoms with E-state index in [9.17, 15) is 14.7 Å². The standard InChI is InChI=1S/C19H25N3O3/c1-13-14(15-6-2-3-7-16(15)21-13)9-10-20-18(24)12-22-11-5-4-8-17(23)19(22)25/h2-3,6-7,17,21,23H,4-5,8-12H2,1H3,(H,20,24). The molecule has 6 heteroatoms. The number of aliphatic hydroxyl groups excluding tert-OH is 1. The van der Waals surface area contributed by atoms with E-state index in [-0.39, 0.29) is 18.4 Å². The van der Waals surface area contributed by atoms with Crippen LogP contribution in [0.5, 0.6) is 0 Å². The predicted octanol–water partition coefficient (Wildman–Crippen LogP) is 1.51. The maximum absolute atomic E-state index is 12.2. The minimum Gasteiger partial charge on any atom is -0.383 e. The largest absolute Gasteiger partial charge is 0.383 e. The zero-order valence-corrected chi connectivity index (χ0v) is 14.5. The summed E-state index contributed by atoms with van der Waals surface area (Å²) in [5.74, 6) is -0.514. The van der Waals surface area contributed by atoms with Gasteiger partial charge in [0.05, 0.1) is 6.54 Å². The molecule has 1 aromatic heterocycles. The summed E-state index contributed by atoms with van der Waals surface area (Å²) >= 11 is 0. The molecule has 0 spiro atoms. The maximum Gasteiger partial charge on any atom is 0.251 e. The van der Waals surface area contributed by atoms with Crippen LogP contribution in [0, 0.1) is 6.92 Å². The average molecular weight is 343 g/mol. The molecule has 1 fully saturated rings. The van der Waals surface area contributed by atoms with Crippen LogP contribution in [0.25, 0.3) is 10.9 Å². The molecule has 1 atom stereocenters. The van der Waals surface area contributed by atoms with Crippen LogP contribution in [-0.2, 0) is 16.0 Å². The molecule has 2 aromatic rings. The third-order valence-electron chi connectivity index (χ3n) is 4.81. The fourth-order valence-corrected chi connectivity index (χ4v) is 3.45. The van der Waals surface area contributed by atoms with Crippen molar-refractivity contribution in [2.45, 2.75) is 38.7 Å². The molecule has 25 heavy (non-hydrogen) atoms. The van der Waals surface area contributed by atoms with Gasteiger partial charge in [-0.15, -0.1) is 0 Å². The number of aryl methyl sites for hydroxylation is 1. The fraction of sp³-hybridized carbons (Fsp3) is 0.474. The van der Waals surface area contributed by atoms with Crippen LogP contribution in [0.1, 0.15) is 30.5 Å². The Labute approximate surface area is 147 Å². The van der Waals surface area contributed by atoms with Gasteiger partial charge in [0, 0.05) is 29.7 Å². The molecule has 0 aliphatic carbocycles. The Morgan fingerprint density at radius 2 is 2.16 bits per heavy atom. The molecule has 0 radical (unpaired) electrons. The molecule has 1 saturated heterocycles. The number of likely N-dealkylation sites (tertiary alicyclic amines) is 1. The number of aromatic amines is 1. The van der Waals surface area contributed by atoms with Crippen molar-refractivity contribution in [2.75, 3.05) is 19.6 Å². The number of H-pyrrole nitrogens is 1. The number of hydrogen-bond acceptors (Lipinski definition) is 3. The number of aliphatic hydroxyl groups is 1. The number of benzene rings is 1. The number of amides is 2. The van der Waals surface area contributed by atoms with E-state index in [1.54, 1.807) is 0 Å². The van der Waals surface area contributed by atoms with Crippen molar-refractivity contribution in [3.05, 3.63) is 35.5 Å². The first kappa shape index (κ1) is 17.5. The highest BCUT2D eigenvalue weighted by atomic mass is 16.3. The van der Waals surface area contributed by atoms with E-state index in [1.807, 2.05) is 25.1 Å². The minimum atomic E-state index is -0.968. The lowest BCUT2D eigenvalue weighted by molar-refractivity contribution is -0.142. The lowest BCUT2D eigenvalue weighted by Crippen LogP contribution is -2.44. The number of carbonyl (C=O) groups is 2. The van der Waals surface area contributed by atoms with E-state index in [0.717, 1.165) is 30.5 Å². The molecule has 134 valence electrons. The highest BCUT2D eigenvalue weighted by Gasteiger charge is 2.26. The zero-order valence-electron chi connectivity index (χ0n) is 14.5. The molecule has 2 heterocycles. The smallest absolute Gasteiger partial charge is 0.251 e. The summed E-state index contributed by atoms with van der Waals surface area (Å²) < 4.78 is 0. The van der Waals surface area contributed by atoms with Gasteiger partial charge in [0.1, 0.15) is 6.10 Å². The van der Waals surface area contributed by atoms with E-state index in [0.29, 0.717) is 19.5 Å². The van der Waals surface area contributed by atoms with Crippen molar-refractivity contribution >= 4 is 22.7 Å². The number of aromatic nitrogens is 1. The minimum absolute atomic E-state index is 0.0166. The molecular weight excluding hydrogens is 318 g/mol. The average Bonchev–Trinajstić information content (AvgIpc) is 2.83. The lowest BCUT2D eigenvalue weighted by atomic mass is 10.1. The monoisotopic (exact) mass is 343 g/mol. The number of nitrogens with zero attached hydrogens (tertiary/aromatic N) is 1. The first-order valence-electron chi connectivity index (χ1n) is 8.86. The van der Waals surface area contributed by atoms with Crippen LogP contribution in [-0.4, -0.2) is 52.5 Å². The molecule has 6 nitrogen and oxygen atoms in total. The van der Waals surface area contributed by atoms with E-state index < -0.39 is 6.10 Å². The van der Waals surface area contributed by atoms with Gasteiger partial charge in [-0.25, -0.2) is 0 Å². The van der Waals surface area contributed by atoms with Crippen LogP contribution in [0.4, 0.5) is 0 Å². The number of hydrogen-bond donors (Lipinski definition) is 3. The van der Waals surface area contributed by atoms with E-state index in [4.69, 9.17) is 0 Å².